The van der Waals surface area contributed by atoms with Crippen molar-refractivity contribution in [2.75, 3.05) is 25.0 Å². The quantitative estimate of drug-likeness (QED) is 0.863. The fourth-order valence-electron chi connectivity index (χ4n) is 3.05. The number of amides is 2. The van der Waals surface area contributed by atoms with Gasteiger partial charge in [0.25, 0.3) is 5.91 Å². The molecule has 1 saturated heterocycles. The lowest BCUT2D eigenvalue weighted by molar-refractivity contribution is -0.125. The summed E-state index contributed by atoms with van der Waals surface area (Å²) >= 11 is 0. The molecular formula is C20H24N4O2. The van der Waals surface area contributed by atoms with Gasteiger partial charge in [0, 0.05) is 43.8 Å². The highest BCUT2D eigenvalue weighted by molar-refractivity contribution is 6.05. The summed E-state index contributed by atoms with van der Waals surface area (Å²) in [7, 11) is 1.75. The van der Waals surface area contributed by atoms with Crippen LogP contribution in [0.15, 0.2) is 48.8 Å². The normalized spacial score (nSPS) is 16.7. The van der Waals surface area contributed by atoms with Crippen molar-refractivity contribution in [3.05, 3.63) is 59.9 Å². The number of nitrogens with zero attached hydrogens (tertiary/aromatic N) is 2. The minimum atomic E-state index is -0.0850. The van der Waals surface area contributed by atoms with Crippen LogP contribution in [-0.4, -0.2) is 36.9 Å². The fraction of sp³-hybridized carbons (Fsp3) is 0.350. The first-order valence-electron chi connectivity index (χ1n) is 8.90. The SMILES string of the molecule is CN(C(=O)c1ccncc1)c1ccc(CNC(=O)C2CCCNC2)cc1. The molecule has 0 aliphatic carbocycles. The van der Waals surface area contributed by atoms with E-state index in [-0.39, 0.29) is 17.7 Å². The van der Waals surface area contributed by atoms with Crippen molar-refractivity contribution in [2.45, 2.75) is 19.4 Å². The van der Waals surface area contributed by atoms with Gasteiger partial charge in [-0.2, -0.15) is 0 Å². The van der Waals surface area contributed by atoms with Gasteiger partial charge in [-0.15, -0.1) is 0 Å². The zero-order chi connectivity index (χ0) is 18.4. The smallest absolute Gasteiger partial charge is 0.258 e. The Hall–Kier alpha value is -2.73. The predicted octanol–water partition coefficient (Wildman–Crippen LogP) is 1.97. The maximum Gasteiger partial charge on any atom is 0.258 e. The third-order valence-electron chi connectivity index (χ3n) is 4.69. The summed E-state index contributed by atoms with van der Waals surface area (Å²) in [5, 5.41) is 6.26. The molecule has 0 radical (unpaired) electrons. The second-order valence-electron chi connectivity index (χ2n) is 6.53. The Morgan fingerprint density at radius 1 is 1.19 bits per heavy atom. The number of hydrogen-bond acceptors (Lipinski definition) is 4. The van der Waals surface area contributed by atoms with Crippen LogP contribution in [0, 0.1) is 5.92 Å². The van der Waals surface area contributed by atoms with E-state index in [4.69, 9.17) is 0 Å². The standard InChI is InChI=1S/C20H24N4O2/c1-24(20(26)16-8-11-21-12-9-16)18-6-4-15(5-7-18)13-23-19(25)17-3-2-10-22-14-17/h4-9,11-12,17,22H,2-3,10,13-14H2,1H3,(H,23,25). The lowest BCUT2D eigenvalue weighted by atomic mass is 9.99. The molecule has 26 heavy (non-hydrogen) atoms. The molecule has 6 heteroatoms. The van der Waals surface area contributed by atoms with Crippen molar-refractivity contribution in [1.29, 1.82) is 0 Å². The van der Waals surface area contributed by atoms with Crippen molar-refractivity contribution < 1.29 is 9.59 Å². The predicted molar refractivity (Wildman–Crippen MR) is 101 cm³/mol. The van der Waals surface area contributed by atoms with Crippen molar-refractivity contribution >= 4 is 17.5 Å². The van der Waals surface area contributed by atoms with E-state index in [0.717, 1.165) is 37.2 Å². The molecule has 136 valence electrons. The number of carbonyl (C=O) groups is 2. The van der Waals surface area contributed by atoms with Crippen LogP contribution < -0.4 is 15.5 Å². The summed E-state index contributed by atoms with van der Waals surface area (Å²) in [6.45, 7) is 2.25. The number of piperidine rings is 1. The largest absolute Gasteiger partial charge is 0.352 e. The van der Waals surface area contributed by atoms with Gasteiger partial charge in [-0.25, -0.2) is 0 Å². The second-order valence-corrected chi connectivity index (χ2v) is 6.53. The fourth-order valence-corrected chi connectivity index (χ4v) is 3.05. The maximum atomic E-state index is 12.5. The number of carbonyl (C=O) groups excluding carboxylic acids is 2. The van der Waals surface area contributed by atoms with Crippen LogP contribution in [0.3, 0.4) is 0 Å². The monoisotopic (exact) mass is 352 g/mol. The zero-order valence-corrected chi connectivity index (χ0v) is 14.9. The topological polar surface area (TPSA) is 74.3 Å². The summed E-state index contributed by atoms with van der Waals surface area (Å²) in [5.41, 5.74) is 2.41. The van der Waals surface area contributed by atoms with Crippen LogP contribution in [0.4, 0.5) is 5.69 Å². The molecule has 2 N–H and O–H groups in total. The minimum absolute atomic E-state index is 0.0622. The number of anilines is 1. The summed E-state index contributed by atoms with van der Waals surface area (Å²) in [6, 6.07) is 11.0. The van der Waals surface area contributed by atoms with E-state index in [2.05, 4.69) is 15.6 Å². The first kappa shape index (κ1) is 18.1. The molecule has 1 fully saturated rings. The Balaban J connectivity index is 1.56. The molecule has 3 rings (SSSR count). The number of aromatic nitrogens is 1. The molecule has 1 unspecified atom stereocenters. The van der Waals surface area contributed by atoms with E-state index < -0.39 is 0 Å². The van der Waals surface area contributed by atoms with Gasteiger partial charge in [0.05, 0.1) is 5.92 Å². The molecule has 6 nitrogen and oxygen atoms in total. The second kappa shape index (κ2) is 8.58. The van der Waals surface area contributed by atoms with Gasteiger partial charge in [0.2, 0.25) is 5.91 Å². The Morgan fingerprint density at radius 2 is 1.92 bits per heavy atom. The molecule has 2 aromatic rings. The van der Waals surface area contributed by atoms with E-state index >= 15 is 0 Å². The van der Waals surface area contributed by atoms with Crippen molar-refractivity contribution in [3.8, 4) is 0 Å². The Kier molecular flexibility index (Phi) is 5.96. The average Bonchev–Trinajstić information content (AvgIpc) is 2.72. The van der Waals surface area contributed by atoms with Gasteiger partial charge >= 0.3 is 0 Å². The molecule has 1 aliphatic rings. The molecule has 1 aromatic heterocycles. The third kappa shape index (κ3) is 4.46. The molecule has 1 aliphatic heterocycles. The Bertz CT molecular complexity index is 740. The number of benzene rings is 1. The van der Waals surface area contributed by atoms with Crippen LogP contribution in [0.25, 0.3) is 0 Å². The van der Waals surface area contributed by atoms with Crippen LogP contribution in [-0.2, 0) is 11.3 Å². The summed E-state index contributed by atoms with van der Waals surface area (Å²) in [5.74, 6) is 0.0802. The zero-order valence-electron chi connectivity index (χ0n) is 14.9. The molecule has 1 aromatic carbocycles. The van der Waals surface area contributed by atoms with Crippen molar-refractivity contribution in [1.82, 2.24) is 15.6 Å². The summed E-state index contributed by atoms with van der Waals surface area (Å²) < 4.78 is 0. The van der Waals surface area contributed by atoms with Gasteiger partial charge in [0.15, 0.2) is 0 Å². The molecule has 2 heterocycles. The Morgan fingerprint density at radius 3 is 2.58 bits per heavy atom. The maximum absolute atomic E-state index is 12.5. The number of nitrogens with one attached hydrogen (secondary N) is 2. The highest BCUT2D eigenvalue weighted by atomic mass is 16.2. The number of pyridine rings is 1. The van der Waals surface area contributed by atoms with E-state index in [1.165, 1.54) is 0 Å². The minimum Gasteiger partial charge on any atom is -0.352 e. The molecule has 2 amide bonds. The molecule has 0 saturated carbocycles. The van der Waals surface area contributed by atoms with Crippen LogP contribution in [0.2, 0.25) is 0 Å². The van der Waals surface area contributed by atoms with Crippen LogP contribution in [0.5, 0.6) is 0 Å². The molecule has 1 atom stereocenters. The van der Waals surface area contributed by atoms with Gasteiger partial charge in [-0.3, -0.25) is 14.6 Å². The Labute approximate surface area is 153 Å². The number of rotatable bonds is 5. The van der Waals surface area contributed by atoms with Gasteiger partial charge < -0.3 is 15.5 Å². The first-order valence-corrected chi connectivity index (χ1v) is 8.90. The van der Waals surface area contributed by atoms with Crippen LogP contribution >= 0.6 is 0 Å². The van der Waals surface area contributed by atoms with Crippen molar-refractivity contribution in [3.63, 3.8) is 0 Å². The lowest BCUT2D eigenvalue weighted by Gasteiger charge is -2.22. The third-order valence-corrected chi connectivity index (χ3v) is 4.69. The first-order chi connectivity index (χ1) is 12.6. The average molecular weight is 352 g/mol. The highest BCUT2D eigenvalue weighted by Crippen LogP contribution is 2.17. The molecule has 0 bridgehead atoms. The van der Waals surface area contributed by atoms with Crippen LogP contribution in [0.1, 0.15) is 28.8 Å². The number of hydrogen-bond donors (Lipinski definition) is 2. The van der Waals surface area contributed by atoms with Crippen molar-refractivity contribution in [2.24, 2.45) is 5.92 Å². The van der Waals surface area contributed by atoms with E-state index in [0.29, 0.717) is 12.1 Å². The van der Waals surface area contributed by atoms with Gasteiger partial charge in [-0.1, -0.05) is 12.1 Å². The molecular weight excluding hydrogens is 328 g/mol. The summed E-state index contributed by atoms with van der Waals surface area (Å²) in [4.78, 5) is 30.2. The highest BCUT2D eigenvalue weighted by Gasteiger charge is 2.20. The molecule has 0 spiro atoms. The van der Waals surface area contributed by atoms with Gasteiger partial charge in [-0.05, 0) is 49.2 Å². The van der Waals surface area contributed by atoms with E-state index in [9.17, 15) is 9.59 Å². The van der Waals surface area contributed by atoms with Gasteiger partial charge in [0.1, 0.15) is 0 Å². The van der Waals surface area contributed by atoms with E-state index in [1.54, 1.807) is 36.5 Å². The van der Waals surface area contributed by atoms with E-state index in [1.807, 2.05) is 24.3 Å². The summed E-state index contributed by atoms with van der Waals surface area (Å²) in [6.07, 6.45) is 5.20. The lowest BCUT2D eigenvalue weighted by Crippen LogP contribution is -2.40.